The van der Waals surface area contributed by atoms with E-state index in [9.17, 15) is 14.4 Å². The molecule has 2 amide bonds. The predicted molar refractivity (Wildman–Crippen MR) is 112 cm³/mol. The molecular weight excluding hydrogens is 410 g/mol. The van der Waals surface area contributed by atoms with Gasteiger partial charge in [-0.15, -0.1) is 22.7 Å². The van der Waals surface area contributed by atoms with E-state index in [2.05, 4.69) is 15.6 Å². The molecule has 0 saturated carbocycles. The highest BCUT2D eigenvalue weighted by Gasteiger charge is 2.29. The number of carbonyl (C=O) groups excluding carboxylic acids is 3. The van der Waals surface area contributed by atoms with Crippen LogP contribution in [0, 0.1) is 6.92 Å². The molecule has 3 heterocycles. The summed E-state index contributed by atoms with van der Waals surface area (Å²) in [6.45, 7) is 3.71. The number of ketones is 1. The van der Waals surface area contributed by atoms with Crippen LogP contribution in [0.15, 0.2) is 21.9 Å². The number of nitrogens with one attached hydrogen (secondary N) is 2. The number of hydrogen-bond donors (Lipinski definition) is 2. The number of amides is 2. The molecule has 0 spiro atoms. The van der Waals surface area contributed by atoms with Crippen LogP contribution in [-0.2, 0) is 17.8 Å². The molecule has 4 rings (SSSR count). The zero-order valence-electron chi connectivity index (χ0n) is 16.0. The maximum absolute atomic E-state index is 12.7. The number of aromatic nitrogens is 1. The fourth-order valence-corrected chi connectivity index (χ4v) is 4.97. The van der Waals surface area contributed by atoms with Gasteiger partial charge in [-0.1, -0.05) is 0 Å². The van der Waals surface area contributed by atoms with Crippen LogP contribution in [0.25, 0.3) is 10.6 Å². The number of hydrogen-bond acceptors (Lipinski definition) is 7. The molecule has 0 saturated heterocycles. The van der Waals surface area contributed by atoms with Crippen molar-refractivity contribution in [2.45, 2.75) is 39.7 Å². The third-order valence-corrected chi connectivity index (χ3v) is 6.53. The number of Topliss-reactive ketones (excluding diaryl/α,β-unsaturated/α-hetero) is 1. The fraction of sp³-hybridized carbons (Fsp3) is 0.300. The average molecular weight is 430 g/mol. The van der Waals surface area contributed by atoms with Crippen molar-refractivity contribution in [1.82, 2.24) is 10.3 Å². The Bertz CT molecular complexity index is 1110. The lowest BCUT2D eigenvalue weighted by Gasteiger charge is -2.07. The molecule has 0 bridgehead atoms. The number of anilines is 1. The molecule has 0 unspecified atom stereocenters. The molecule has 3 aromatic heterocycles. The van der Waals surface area contributed by atoms with Crippen LogP contribution in [0.2, 0.25) is 0 Å². The van der Waals surface area contributed by atoms with Gasteiger partial charge in [0.15, 0.2) is 16.7 Å². The Morgan fingerprint density at radius 1 is 1.28 bits per heavy atom. The molecule has 0 atom stereocenters. The van der Waals surface area contributed by atoms with E-state index in [1.165, 1.54) is 29.6 Å². The highest BCUT2D eigenvalue weighted by atomic mass is 32.1. The summed E-state index contributed by atoms with van der Waals surface area (Å²) in [5, 5.41) is 7.87. The molecule has 0 aromatic carbocycles. The average Bonchev–Trinajstić information content (AvgIpc) is 3.39. The van der Waals surface area contributed by atoms with Gasteiger partial charge in [-0.05, 0) is 25.5 Å². The summed E-state index contributed by atoms with van der Waals surface area (Å²) in [5.41, 5.74) is 1.92. The Balaban J connectivity index is 1.48. The monoisotopic (exact) mass is 429 g/mol. The summed E-state index contributed by atoms with van der Waals surface area (Å²) < 4.78 is 5.69. The van der Waals surface area contributed by atoms with Gasteiger partial charge in [0.1, 0.15) is 5.76 Å². The largest absolute Gasteiger partial charge is 0.455 e. The van der Waals surface area contributed by atoms with Crippen LogP contribution in [-0.4, -0.2) is 22.6 Å². The van der Waals surface area contributed by atoms with Crippen molar-refractivity contribution < 1.29 is 18.8 Å². The van der Waals surface area contributed by atoms with Crippen molar-refractivity contribution in [2.24, 2.45) is 0 Å². The minimum atomic E-state index is -0.400. The molecule has 1 aliphatic rings. The van der Waals surface area contributed by atoms with Gasteiger partial charge in [0.25, 0.3) is 5.91 Å². The molecule has 0 radical (unpaired) electrons. The third kappa shape index (κ3) is 4.01. The van der Waals surface area contributed by atoms with Crippen LogP contribution in [0.1, 0.15) is 56.9 Å². The van der Waals surface area contributed by atoms with Crippen molar-refractivity contribution in [2.75, 3.05) is 5.32 Å². The van der Waals surface area contributed by atoms with Gasteiger partial charge in [-0.25, -0.2) is 4.98 Å². The third-order valence-electron chi connectivity index (χ3n) is 4.66. The zero-order valence-corrected chi connectivity index (χ0v) is 17.6. The second-order valence-corrected chi connectivity index (χ2v) is 8.83. The lowest BCUT2D eigenvalue weighted by molar-refractivity contribution is -0.119. The molecule has 29 heavy (non-hydrogen) atoms. The van der Waals surface area contributed by atoms with E-state index >= 15 is 0 Å². The van der Waals surface area contributed by atoms with E-state index in [0.717, 1.165) is 21.9 Å². The molecule has 0 fully saturated rings. The standard InChI is InChI=1S/C20H19N3O4S2/c1-10-17-14(25)4-3-5-15(17)27-18(10)19(26)23-20-22-13(9-28-20)16-7-6-12(29-16)8-21-11(2)24/h6-7,9H,3-5,8H2,1-2H3,(H,21,24)(H,22,23,26). The number of furan rings is 1. The van der Waals surface area contributed by atoms with E-state index in [-0.39, 0.29) is 17.5 Å². The minimum absolute atomic E-state index is 0.0378. The maximum atomic E-state index is 12.7. The summed E-state index contributed by atoms with van der Waals surface area (Å²) in [5.74, 6) is 0.346. The summed E-state index contributed by atoms with van der Waals surface area (Å²) in [4.78, 5) is 42.3. The van der Waals surface area contributed by atoms with Crippen molar-refractivity contribution in [3.05, 3.63) is 45.0 Å². The predicted octanol–water partition coefficient (Wildman–Crippen LogP) is 4.18. The number of rotatable bonds is 5. The molecule has 3 aromatic rings. The van der Waals surface area contributed by atoms with E-state index < -0.39 is 5.91 Å². The summed E-state index contributed by atoms with van der Waals surface area (Å²) in [6.07, 6.45) is 1.92. The van der Waals surface area contributed by atoms with E-state index in [1.807, 2.05) is 17.5 Å². The number of thiophene rings is 1. The van der Waals surface area contributed by atoms with Gasteiger partial charge in [0.05, 0.1) is 22.7 Å². The van der Waals surface area contributed by atoms with Crippen molar-refractivity contribution >= 4 is 45.4 Å². The van der Waals surface area contributed by atoms with Gasteiger partial charge < -0.3 is 9.73 Å². The normalized spacial score (nSPS) is 13.2. The van der Waals surface area contributed by atoms with Gasteiger partial charge in [0, 0.05) is 35.6 Å². The van der Waals surface area contributed by atoms with Gasteiger partial charge in [0.2, 0.25) is 5.91 Å². The first-order valence-corrected chi connectivity index (χ1v) is 10.9. The summed E-state index contributed by atoms with van der Waals surface area (Å²) in [7, 11) is 0. The summed E-state index contributed by atoms with van der Waals surface area (Å²) >= 11 is 2.86. The number of thiazole rings is 1. The zero-order chi connectivity index (χ0) is 20.5. The molecular formula is C20H19N3O4S2. The number of nitrogens with zero attached hydrogens (tertiary/aromatic N) is 1. The first-order chi connectivity index (χ1) is 13.9. The van der Waals surface area contributed by atoms with Gasteiger partial charge >= 0.3 is 0 Å². The highest BCUT2D eigenvalue weighted by molar-refractivity contribution is 7.17. The second-order valence-electron chi connectivity index (χ2n) is 6.80. The van der Waals surface area contributed by atoms with Crippen molar-refractivity contribution in [3.63, 3.8) is 0 Å². The number of carbonyl (C=O) groups is 3. The van der Waals surface area contributed by atoms with Crippen LogP contribution in [0.5, 0.6) is 0 Å². The minimum Gasteiger partial charge on any atom is -0.455 e. The van der Waals surface area contributed by atoms with Crippen LogP contribution < -0.4 is 10.6 Å². The summed E-state index contributed by atoms with van der Waals surface area (Å²) in [6, 6.07) is 3.89. The number of aryl methyl sites for hydroxylation is 1. The molecule has 0 aliphatic heterocycles. The van der Waals surface area contributed by atoms with E-state index in [0.29, 0.717) is 41.4 Å². The van der Waals surface area contributed by atoms with Crippen molar-refractivity contribution in [1.29, 1.82) is 0 Å². The molecule has 7 nitrogen and oxygen atoms in total. The Hall–Kier alpha value is -2.78. The van der Waals surface area contributed by atoms with Gasteiger partial charge in [-0.3, -0.25) is 19.7 Å². The Morgan fingerprint density at radius 3 is 2.86 bits per heavy atom. The second kappa shape index (κ2) is 7.92. The van der Waals surface area contributed by atoms with Crippen LogP contribution in [0.4, 0.5) is 5.13 Å². The van der Waals surface area contributed by atoms with E-state index in [4.69, 9.17) is 4.42 Å². The Kier molecular flexibility index (Phi) is 5.33. The molecule has 9 heteroatoms. The lowest BCUT2D eigenvalue weighted by atomic mass is 9.94. The molecule has 1 aliphatic carbocycles. The molecule has 2 N–H and O–H groups in total. The quantitative estimate of drug-likeness (QED) is 0.634. The van der Waals surface area contributed by atoms with Crippen LogP contribution >= 0.6 is 22.7 Å². The van der Waals surface area contributed by atoms with Gasteiger partial charge in [-0.2, -0.15) is 0 Å². The topological polar surface area (TPSA) is 101 Å². The van der Waals surface area contributed by atoms with Crippen molar-refractivity contribution in [3.8, 4) is 10.6 Å². The molecule has 150 valence electrons. The fourth-order valence-electron chi connectivity index (χ4n) is 3.29. The SMILES string of the molecule is CC(=O)NCc1ccc(-c2csc(NC(=O)c3oc4c(c3C)C(=O)CCC4)n2)s1. The first-order valence-electron chi connectivity index (χ1n) is 9.18. The smallest absolute Gasteiger partial charge is 0.293 e. The lowest BCUT2D eigenvalue weighted by Crippen LogP contribution is -2.17. The Labute approximate surface area is 175 Å². The number of fused-ring (bicyclic) bond motifs is 1. The maximum Gasteiger partial charge on any atom is 0.293 e. The van der Waals surface area contributed by atoms with E-state index in [1.54, 1.807) is 6.92 Å². The van der Waals surface area contributed by atoms with Crippen LogP contribution in [0.3, 0.4) is 0 Å². The highest BCUT2D eigenvalue weighted by Crippen LogP contribution is 2.32. The Morgan fingerprint density at radius 2 is 2.10 bits per heavy atom. The first kappa shape index (κ1) is 19.5.